The van der Waals surface area contributed by atoms with E-state index in [1.54, 1.807) is 43.3 Å². The average molecular weight is 521 g/mol. The molecule has 0 atom stereocenters. The van der Waals surface area contributed by atoms with Crippen molar-refractivity contribution in [3.8, 4) is 23.1 Å². The van der Waals surface area contributed by atoms with Gasteiger partial charge in [-0.1, -0.05) is 29.8 Å². The molecule has 36 heavy (non-hydrogen) atoms. The van der Waals surface area contributed by atoms with Crippen molar-refractivity contribution in [2.45, 2.75) is 13.3 Å². The van der Waals surface area contributed by atoms with Crippen LogP contribution in [0.4, 0.5) is 33.7 Å². The molecule has 3 aromatic carbocycles. The first-order valence-corrected chi connectivity index (χ1v) is 10.7. The number of carbonyl (C=O) groups is 1. The molecular weight excluding hydrogens is 504 g/mol. The van der Waals surface area contributed by atoms with E-state index in [0.717, 1.165) is 12.1 Å². The Bertz CT molecular complexity index is 1390. The average Bonchev–Trinajstić information content (AvgIpc) is 3.17. The number of hydrogen-bond donors (Lipinski definition) is 2. The molecule has 0 radical (unpaired) electrons. The van der Waals surface area contributed by atoms with Crippen LogP contribution in [0.2, 0.25) is 5.02 Å². The lowest BCUT2D eigenvalue weighted by molar-refractivity contribution is -0.274. The van der Waals surface area contributed by atoms with Gasteiger partial charge in [-0.2, -0.15) is 9.78 Å². The number of aryl methyl sites for hydroxylation is 1. The van der Waals surface area contributed by atoms with Crippen molar-refractivity contribution in [3.05, 3.63) is 89.3 Å². The van der Waals surface area contributed by atoms with Gasteiger partial charge in [-0.3, -0.25) is 0 Å². The van der Waals surface area contributed by atoms with Crippen LogP contribution < -0.4 is 20.1 Å². The van der Waals surface area contributed by atoms with E-state index in [1.165, 1.54) is 28.9 Å². The van der Waals surface area contributed by atoms with Crippen molar-refractivity contribution in [1.82, 2.24) is 9.78 Å². The predicted octanol–water partition coefficient (Wildman–Crippen LogP) is 7.31. The summed E-state index contributed by atoms with van der Waals surface area (Å²) in [7, 11) is 0. The number of nitrogens with zero attached hydrogens (tertiary/aromatic N) is 2. The summed E-state index contributed by atoms with van der Waals surface area (Å²) in [6, 6.07) is 16.5. The Kier molecular flexibility index (Phi) is 7.02. The molecule has 0 saturated carbocycles. The second-order valence-corrected chi connectivity index (χ2v) is 7.77. The van der Waals surface area contributed by atoms with Crippen LogP contribution in [-0.4, -0.2) is 22.2 Å². The molecule has 2 amide bonds. The van der Waals surface area contributed by atoms with Gasteiger partial charge < -0.3 is 20.1 Å². The zero-order valence-electron chi connectivity index (χ0n) is 18.4. The van der Waals surface area contributed by atoms with Crippen LogP contribution in [0.3, 0.4) is 0 Å². The minimum absolute atomic E-state index is 0.0757. The maximum absolute atomic E-state index is 14.6. The summed E-state index contributed by atoms with van der Waals surface area (Å²) >= 11 is 5.90. The van der Waals surface area contributed by atoms with Gasteiger partial charge in [0.1, 0.15) is 11.4 Å². The number of urea groups is 1. The van der Waals surface area contributed by atoms with E-state index >= 15 is 0 Å². The Morgan fingerprint density at radius 1 is 1.00 bits per heavy atom. The number of ether oxygens (including phenoxy) is 2. The number of aromatic nitrogens is 2. The maximum Gasteiger partial charge on any atom is 0.573 e. The highest BCUT2D eigenvalue weighted by atomic mass is 35.5. The molecule has 0 fully saturated rings. The lowest BCUT2D eigenvalue weighted by Gasteiger charge is -2.14. The minimum Gasteiger partial charge on any atom is -0.437 e. The molecule has 0 bridgehead atoms. The molecule has 7 nitrogen and oxygen atoms in total. The Labute approximate surface area is 207 Å². The fraction of sp³-hybridized carbons (Fsp3) is 0.0833. The largest absolute Gasteiger partial charge is 0.573 e. The van der Waals surface area contributed by atoms with Crippen LogP contribution in [0.15, 0.2) is 72.8 Å². The number of halogens is 5. The Morgan fingerprint density at radius 2 is 1.72 bits per heavy atom. The van der Waals surface area contributed by atoms with Crippen LogP contribution >= 0.6 is 11.6 Å². The topological polar surface area (TPSA) is 77.4 Å². The van der Waals surface area contributed by atoms with Gasteiger partial charge in [-0.05, 0) is 55.5 Å². The third kappa shape index (κ3) is 6.05. The van der Waals surface area contributed by atoms with E-state index in [0.29, 0.717) is 5.69 Å². The van der Waals surface area contributed by atoms with Crippen LogP contribution in [0.5, 0.6) is 17.4 Å². The lowest BCUT2D eigenvalue weighted by atomic mass is 10.3. The Hall–Kier alpha value is -4.25. The van der Waals surface area contributed by atoms with E-state index < -0.39 is 24.0 Å². The summed E-state index contributed by atoms with van der Waals surface area (Å²) in [6.07, 6.45) is -4.82. The summed E-state index contributed by atoms with van der Waals surface area (Å²) < 4.78 is 62.5. The maximum atomic E-state index is 14.6. The summed E-state index contributed by atoms with van der Waals surface area (Å²) in [5.74, 6) is -0.700. The van der Waals surface area contributed by atoms with Crippen molar-refractivity contribution in [2.24, 2.45) is 0 Å². The van der Waals surface area contributed by atoms with Gasteiger partial charge in [0.05, 0.1) is 16.4 Å². The molecule has 0 aliphatic carbocycles. The summed E-state index contributed by atoms with van der Waals surface area (Å²) in [5, 5.41) is 9.30. The third-order valence-corrected chi connectivity index (χ3v) is 4.95. The zero-order chi connectivity index (χ0) is 25.9. The van der Waals surface area contributed by atoms with Gasteiger partial charge in [-0.15, -0.1) is 13.2 Å². The number of amides is 2. The minimum atomic E-state index is -4.82. The highest BCUT2D eigenvalue weighted by Gasteiger charge is 2.31. The van der Waals surface area contributed by atoms with Crippen molar-refractivity contribution in [1.29, 1.82) is 0 Å². The van der Waals surface area contributed by atoms with E-state index in [2.05, 4.69) is 20.5 Å². The van der Waals surface area contributed by atoms with Gasteiger partial charge in [-0.25, -0.2) is 9.18 Å². The zero-order valence-corrected chi connectivity index (χ0v) is 19.2. The number of nitrogens with one attached hydrogen (secondary N) is 2. The first-order valence-electron chi connectivity index (χ1n) is 10.3. The van der Waals surface area contributed by atoms with Crippen LogP contribution in [0.25, 0.3) is 5.69 Å². The first kappa shape index (κ1) is 24.9. The second kappa shape index (κ2) is 10.2. The first-order chi connectivity index (χ1) is 17.1. The van der Waals surface area contributed by atoms with Crippen LogP contribution in [-0.2, 0) is 0 Å². The highest BCUT2D eigenvalue weighted by Crippen LogP contribution is 2.33. The van der Waals surface area contributed by atoms with Crippen molar-refractivity contribution in [2.75, 3.05) is 10.6 Å². The molecule has 12 heteroatoms. The molecule has 2 N–H and O–H groups in total. The smallest absolute Gasteiger partial charge is 0.437 e. The SMILES string of the molecule is Cc1cc(Oc2ccccc2NC(=O)Nc2ccc(OC(F)(F)F)cc2)n(-c2cccc(Cl)c2F)n1. The number of rotatable bonds is 6. The highest BCUT2D eigenvalue weighted by molar-refractivity contribution is 6.30. The Balaban J connectivity index is 1.51. The fourth-order valence-corrected chi connectivity index (χ4v) is 3.34. The predicted molar refractivity (Wildman–Crippen MR) is 126 cm³/mol. The normalized spacial score (nSPS) is 11.2. The third-order valence-electron chi connectivity index (χ3n) is 4.65. The van der Waals surface area contributed by atoms with Gasteiger partial charge in [0, 0.05) is 11.8 Å². The quantitative estimate of drug-likeness (QED) is 0.261. The second-order valence-electron chi connectivity index (χ2n) is 7.36. The molecule has 4 aromatic rings. The van der Waals surface area contributed by atoms with Crippen LogP contribution in [0.1, 0.15) is 5.69 Å². The van der Waals surface area contributed by atoms with E-state index in [9.17, 15) is 22.4 Å². The van der Waals surface area contributed by atoms with E-state index in [4.69, 9.17) is 16.3 Å². The molecule has 1 aromatic heterocycles. The summed E-state index contributed by atoms with van der Waals surface area (Å²) in [6.45, 7) is 1.70. The molecule has 0 saturated heterocycles. The van der Waals surface area contributed by atoms with Crippen molar-refractivity contribution in [3.63, 3.8) is 0 Å². The van der Waals surface area contributed by atoms with E-state index in [-0.39, 0.29) is 33.7 Å². The fourth-order valence-electron chi connectivity index (χ4n) is 3.17. The standard InChI is InChI=1S/C24H17ClF4N4O3/c1-14-13-21(33(32-14)19-7-4-5-17(25)22(19)26)35-20-8-3-2-6-18(20)31-23(34)30-15-9-11-16(12-10-15)36-24(27,28)29/h2-13H,1H3,(H2,30,31,34). The lowest BCUT2D eigenvalue weighted by Crippen LogP contribution is -2.20. The van der Waals surface area contributed by atoms with Gasteiger partial charge in [0.25, 0.3) is 0 Å². The number of para-hydroxylation sites is 2. The molecular formula is C24H17ClF4N4O3. The van der Waals surface area contributed by atoms with E-state index in [1.807, 2.05) is 0 Å². The monoisotopic (exact) mass is 520 g/mol. The Morgan fingerprint density at radius 3 is 2.44 bits per heavy atom. The van der Waals surface area contributed by atoms with Crippen molar-refractivity contribution < 1.29 is 31.8 Å². The number of benzene rings is 3. The molecule has 0 aliphatic heterocycles. The molecule has 1 heterocycles. The molecule has 4 rings (SSSR count). The van der Waals surface area contributed by atoms with Gasteiger partial charge >= 0.3 is 12.4 Å². The molecule has 186 valence electrons. The number of carbonyl (C=O) groups excluding carboxylic acids is 1. The number of anilines is 2. The van der Waals surface area contributed by atoms with Crippen LogP contribution in [0, 0.1) is 12.7 Å². The molecule has 0 unspecified atom stereocenters. The van der Waals surface area contributed by atoms with Gasteiger partial charge in [0.15, 0.2) is 11.6 Å². The number of hydrogen-bond acceptors (Lipinski definition) is 4. The summed E-state index contributed by atoms with van der Waals surface area (Å²) in [4.78, 5) is 12.5. The van der Waals surface area contributed by atoms with Crippen molar-refractivity contribution >= 4 is 29.0 Å². The molecule has 0 spiro atoms. The molecule has 0 aliphatic rings. The summed E-state index contributed by atoms with van der Waals surface area (Å²) in [5.41, 5.74) is 1.12. The van der Waals surface area contributed by atoms with Gasteiger partial charge in [0.2, 0.25) is 5.88 Å². The number of alkyl halides is 3.